The maximum atomic E-state index is 13.0. The minimum Gasteiger partial charge on any atom is -0.493 e. The van der Waals surface area contributed by atoms with Gasteiger partial charge in [0.15, 0.2) is 18.1 Å². The van der Waals surface area contributed by atoms with Gasteiger partial charge in [0.1, 0.15) is 0 Å². The second kappa shape index (κ2) is 10.5. The van der Waals surface area contributed by atoms with Gasteiger partial charge in [0.05, 0.1) is 17.6 Å². The molecule has 32 heavy (non-hydrogen) atoms. The molecule has 2 amide bonds. The van der Waals surface area contributed by atoms with Crippen molar-refractivity contribution in [2.24, 2.45) is 5.73 Å². The molecule has 2 aromatic rings. The first-order valence-electron chi connectivity index (χ1n) is 10.3. The number of carbonyl (C=O) groups is 2. The smallest absolute Gasteiger partial charge is 0.262 e. The quantitative estimate of drug-likeness (QED) is 0.621. The number of nitrogens with zero attached hydrogens (tertiary/aromatic N) is 1. The molecule has 1 aliphatic heterocycles. The predicted molar refractivity (Wildman–Crippen MR) is 119 cm³/mol. The van der Waals surface area contributed by atoms with Gasteiger partial charge in [-0.25, -0.2) is 8.42 Å². The maximum absolute atomic E-state index is 13.0. The van der Waals surface area contributed by atoms with E-state index in [0.717, 1.165) is 25.7 Å². The van der Waals surface area contributed by atoms with E-state index >= 15 is 0 Å². The summed E-state index contributed by atoms with van der Waals surface area (Å²) in [6.45, 7) is 0.561. The molecule has 2 aromatic carbocycles. The summed E-state index contributed by atoms with van der Waals surface area (Å²) in [4.78, 5) is 24.2. The largest absolute Gasteiger partial charge is 0.493 e. The Labute approximate surface area is 187 Å². The lowest BCUT2D eigenvalue weighted by Crippen LogP contribution is -2.32. The number of hydrogen-bond acceptors (Lipinski definition) is 6. The van der Waals surface area contributed by atoms with Crippen molar-refractivity contribution >= 4 is 27.5 Å². The van der Waals surface area contributed by atoms with Crippen LogP contribution in [0.2, 0.25) is 0 Å². The zero-order valence-electron chi connectivity index (χ0n) is 17.9. The second-order valence-electron chi connectivity index (χ2n) is 7.38. The summed E-state index contributed by atoms with van der Waals surface area (Å²) < 4.78 is 38.1. The van der Waals surface area contributed by atoms with Gasteiger partial charge in [0.25, 0.3) is 11.8 Å². The SMILES string of the molecule is COc1cccc(C(N)=O)c1OCC(=O)Nc1cccc(S(=O)(=O)N2CCCCCC2)c1. The summed E-state index contributed by atoms with van der Waals surface area (Å²) in [7, 11) is -2.23. The lowest BCUT2D eigenvalue weighted by molar-refractivity contribution is -0.118. The minimum absolute atomic E-state index is 0.0649. The van der Waals surface area contributed by atoms with Crippen molar-refractivity contribution in [3.63, 3.8) is 0 Å². The molecule has 0 saturated carbocycles. The minimum atomic E-state index is -3.64. The van der Waals surface area contributed by atoms with Gasteiger partial charge in [-0.3, -0.25) is 9.59 Å². The van der Waals surface area contributed by atoms with Gasteiger partial charge in [0, 0.05) is 18.8 Å². The first-order valence-corrected chi connectivity index (χ1v) is 11.8. The van der Waals surface area contributed by atoms with E-state index in [1.807, 2.05) is 0 Å². The van der Waals surface area contributed by atoms with E-state index in [9.17, 15) is 18.0 Å². The molecule has 1 saturated heterocycles. The molecule has 0 atom stereocenters. The Kier molecular flexibility index (Phi) is 7.70. The monoisotopic (exact) mass is 461 g/mol. The van der Waals surface area contributed by atoms with Gasteiger partial charge in [-0.05, 0) is 43.2 Å². The van der Waals surface area contributed by atoms with Gasteiger partial charge >= 0.3 is 0 Å². The van der Waals surface area contributed by atoms with E-state index in [4.69, 9.17) is 15.2 Å². The summed E-state index contributed by atoms with van der Waals surface area (Å²) in [5.41, 5.74) is 5.77. The van der Waals surface area contributed by atoms with E-state index in [-0.39, 0.29) is 22.0 Å². The summed E-state index contributed by atoms with van der Waals surface area (Å²) in [5.74, 6) is -0.920. The number of hydrogen-bond donors (Lipinski definition) is 2. The van der Waals surface area contributed by atoms with Crippen molar-refractivity contribution in [2.45, 2.75) is 30.6 Å². The van der Waals surface area contributed by atoms with Gasteiger partial charge in [-0.15, -0.1) is 0 Å². The van der Waals surface area contributed by atoms with Crippen molar-refractivity contribution in [1.29, 1.82) is 0 Å². The van der Waals surface area contributed by atoms with Crippen LogP contribution in [-0.4, -0.2) is 51.3 Å². The zero-order valence-corrected chi connectivity index (χ0v) is 18.7. The molecule has 0 aromatic heterocycles. The van der Waals surface area contributed by atoms with E-state index in [2.05, 4.69) is 5.32 Å². The van der Waals surface area contributed by atoms with Gasteiger partial charge in [-0.2, -0.15) is 4.31 Å². The van der Waals surface area contributed by atoms with Crippen molar-refractivity contribution in [1.82, 2.24) is 4.31 Å². The highest BCUT2D eigenvalue weighted by Crippen LogP contribution is 2.31. The van der Waals surface area contributed by atoms with Gasteiger partial charge in [0.2, 0.25) is 10.0 Å². The highest BCUT2D eigenvalue weighted by molar-refractivity contribution is 7.89. The second-order valence-corrected chi connectivity index (χ2v) is 9.32. The van der Waals surface area contributed by atoms with Gasteiger partial charge in [-0.1, -0.05) is 25.0 Å². The molecule has 0 bridgehead atoms. The molecule has 1 fully saturated rings. The Hall–Kier alpha value is -3.11. The number of ether oxygens (including phenoxy) is 2. The number of amides is 2. The average molecular weight is 462 g/mol. The van der Waals surface area contributed by atoms with Crippen LogP contribution in [0.1, 0.15) is 36.0 Å². The number of methoxy groups -OCH3 is 1. The molecule has 3 rings (SSSR count). The Morgan fingerprint density at radius 2 is 1.75 bits per heavy atom. The van der Waals surface area contributed by atoms with Gasteiger partial charge < -0.3 is 20.5 Å². The molecular formula is C22H27N3O6S. The van der Waals surface area contributed by atoms with E-state index in [1.54, 1.807) is 24.3 Å². The number of rotatable bonds is 8. The fourth-order valence-electron chi connectivity index (χ4n) is 3.52. The van der Waals surface area contributed by atoms with E-state index < -0.39 is 28.4 Å². The summed E-state index contributed by atoms with van der Waals surface area (Å²) in [5, 5.41) is 2.62. The Morgan fingerprint density at radius 3 is 2.41 bits per heavy atom. The molecule has 1 heterocycles. The Balaban J connectivity index is 1.70. The molecule has 9 nitrogen and oxygen atoms in total. The average Bonchev–Trinajstić information content (AvgIpc) is 3.07. The number of anilines is 1. The Bertz CT molecular complexity index is 1080. The third-order valence-corrected chi connectivity index (χ3v) is 7.03. The first kappa shape index (κ1) is 23.6. The van der Waals surface area contributed by atoms with Crippen molar-refractivity contribution < 1.29 is 27.5 Å². The summed E-state index contributed by atoms with van der Waals surface area (Å²) in [6, 6.07) is 10.7. The van der Waals surface area contributed by atoms with Crippen LogP contribution in [0.3, 0.4) is 0 Å². The standard InChI is InChI=1S/C22H27N3O6S/c1-30-19-11-7-10-18(22(23)27)21(19)31-15-20(26)24-16-8-6-9-17(14-16)32(28,29)25-12-4-2-3-5-13-25/h6-11,14H,2-5,12-13,15H2,1H3,(H2,23,27)(H,24,26). The molecule has 10 heteroatoms. The number of benzene rings is 2. The number of nitrogens with two attached hydrogens (primary N) is 1. The van der Waals surface area contributed by atoms with Crippen molar-refractivity contribution in [3.8, 4) is 11.5 Å². The molecule has 1 aliphatic rings. The lowest BCUT2D eigenvalue weighted by atomic mass is 10.2. The summed E-state index contributed by atoms with van der Waals surface area (Å²) >= 11 is 0. The third-order valence-electron chi connectivity index (χ3n) is 5.13. The maximum Gasteiger partial charge on any atom is 0.262 e. The van der Waals surface area contributed by atoms with Crippen LogP contribution < -0.4 is 20.5 Å². The topological polar surface area (TPSA) is 128 Å². The molecule has 0 aliphatic carbocycles. The highest BCUT2D eigenvalue weighted by atomic mass is 32.2. The number of carbonyl (C=O) groups excluding carboxylic acids is 2. The van der Waals surface area contributed by atoms with Crippen LogP contribution in [0.15, 0.2) is 47.4 Å². The molecule has 0 spiro atoms. The fourth-order valence-corrected chi connectivity index (χ4v) is 5.08. The van der Waals surface area contributed by atoms with Crippen LogP contribution >= 0.6 is 0 Å². The number of nitrogens with one attached hydrogen (secondary N) is 1. The van der Waals surface area contributed by atoms with Crippen LogP contribution in [0.4, 0.5) is 5.69 Å². The number of primary amides is 1. The highest BCUT2D eigenvalue weighted by Gasteiger charge is 2.25. The zero-order chi connectivity index (χ0) is 23.1. The van der Waals surface area contributed by atoms with E-state index in [1.165, 1.54) is 29.6 Å². The number of para-hydroxylation sites is 1. The first-order chi connectivity index (χ1) is 15.3. The molecule has 0 unspecified atom stereocenters. The molecule has 172 valence electrons. The Morgan fingerprint density at radius 1 is 1.06 bits per heavy atom. The van der Waals surface area contributed by atoms with Crippen LogP contribution in [0.25, 0.3) is 0 Å². The third kappa shape index (κ3) is 5.57. The molecule has 3 N–H and O–H groups in total. The lowest BCUT2D eigenvalue weighted by Gasteiger charge is -2.20. The van der Waals surface area contributed by atoms with Crippen LogP contribution in [-0.2, 0) is 14.8 Å². The van der Waals surface area contributed by atoms with Crippen LogP contribution in [0.5, 0.6) is 11.5 Å². The predicted octanol–water partition coefficient (Wildman–Crippen LogP) is 2.38. The number of sulfonamides is 1. The molecular weight excluding hydrogens is 434 g/mol. The van der Waals surface area contributed by atoms with Crippen LogP contribution in [0, 0.1) is 0 Å². The molecule has 0 radical (unpaired) electrons. The van der Waals surface area contributed by atoms with Crippen molar-refractivity contribution in [2.75, 3.05) is 32.1 Å². The van der Waals surface area contributed by atoms with E-state index in [0.29, 0.717) is 18.8 Å². The fraction of sp³-hybridized carbons (Fsp3) is 0.364. The normalized spacial score (nSPS) is 14.9. The van der Waals surface area contributed by atoms with Crippen molar-refractivity contribution in [3.05, 3.63) is 48.0 Å². The summed E-state index contributed by atoms with van der Waals surface area (Å²) in [6.07, 6.45) is 3.71.